The van der Waals surface area contributed by atoms with Gasteiger partial charge in [-0.25, -0.2) is 0 Å². The average Bonchev–Trinajstić information content (AvgIpc) is 3.38. The van der Waals surface area contributed by atoms with Crippen LogP contribution in [-0.4, -0.2) is 39.5 Å². The average molecular weight is 615 g/mol. The summed E-state index contributed by atoms with van der Waals surface area (Å²) in [5.41, 5.74) is 6.11. The second-order valence-corrected chi connectivity index (χ2v) is 10.2. The number of aryl methyl sites for hydroxylation is 3. The van der Waals surface area contributed by atoms with Crippen LogP contribution in [0.15, 0.2) is 83.9 Å². The third-order valence-electron chi connectivity index (χ3n) is 6.60. The maximum atomic E-state index is 12.7. The van der Waals surface area contributed by atoms with Crippen LogP contribution in [0.4, 0.5) is 0 Å². The molecule has 2 N–H and O–H groups in total. The molecular formula is C36H43ClN4O3. The number of hydrogen-bond acceptors (Lipinski definition) is 5. The molecule has 0 radical (unpaired) electrons. The molecule has 0 aliphatic carbocycles. The first-order valence-electron chi connectivity index (χ1n) is 15.0. The van der Waals surface area contributed by atoms with Crippen LogP contribution < -0.4 is 5.32 Å². The Balaban J connectivity index is 0.000000434. The summed E-state index contributed by atoms with van der Waals surface area (Å²) in [6.45, 7) is 13.1. The van der Waals surface area contributed by atoms with Crippen LogP contribution in [0.5, 0.6) is 0 Å². The first-order valence-corrected chi connectivity index (χ1v) is 15.4. The maximum absolute atomic E-state index is 12.7. The van der Waals surface area contributed by atoms with Crippen molar-refractivity contribution in [2.24, 2.45) is 4.99 Å². The van der Waals surface area contributed by atoms with Gasteiger partial charge in [0.25, 0.3) is 5.91 Å². The molecule has 0 aliphatic heterocycles. The van der Waals surface area contributed by atoms with Crippen LogP contribution in [0, 0.1) is 13.8 Å². The predicted molar refractivity (Wildman–Crippen MR) is 180 cm³/mol. The molecule has 8 heteroatoms. The Bertz CT molecular complexity index is 1560. The van der Waals surface area contributed by atoms with E-state index in [0.717, 1.165) is 40.7 Å². The van der Waals surface area contributed by atoms with E-state index in [1.165, 1.54) is 6.92 Å². The Morgan fingerprint density at radius 1 is 0.886 bits per heavy atom. The fraction of sp³-hybridized carbons (Fsp3) is 0.306. The van der Waals surface area contributed by atoms with E-state index in [-0.39, 0.29) is 22.3 Å². The summed E-state index contributed by atoms with van der Waals surface area (Å²) in [7, 11) is 0. The molecule has 1 unspecified atom stereocenters. The summed E-state index contributed by atoms with van der Waals surface area (Å²) in [5.74, 6) is -0.631. The highest BCUT2D eigenvalue weighted by Crippen LogP contribution is 2.20. The predicted octanol–water partition coefficient (Wildman–Crippen LogP) is 8.12. The first kappa shape index (κ1) is 35.8. The van der Waals surface area contributed by atoms with Gasteiger partial charge in [-0.3, -0.25) is 24.5 Å². The van der Waals surface area contributed by atoms with Crippen LogP contribution >= 0.6 is 11.6 Å². The van der Waals surface area contributed by atoms with Gasteiger partial charge >= 0.3 is 0 Å². The second-order valence-electron chi connectivity index (χ2n) is 9.84. The fourth-order valence-corrected chi connectivity index (χ4v) is 4.49. The zero-order valence-electron chi connectivity index (χ0n) is 26.7. The van der Waals surface area contributed by atoms with Gasteiger partial charge in [0.05, 0.1) is 16.4 Å². The SMILES string of the molecule is CC.CCC(=O)c1ccccc1C.CCCc1ccccc1/C(=N\C(NC(=O)c1n[nH]c(C)c1Cl)C(C)=O)c1ccccc1. The summed E-state index contributed by atoms with van der Waals surface area (Å²) in [6, 6.07) is 25.3. The number of amides is 1. The molecule has 1 aromatic heterocycles. The third kappa shape index (κ3) is 9.85. The number of nitrogens with zero attached hydrogens (tertiary/aromatic N) is 2. The minimum absolute atomic E-state index is 0.0354. The van der Waals surface area contributed by atoms with Gasteiger partial charge in [0, 0.05) is 23.1 Å². The van der Waals surface area contributed by atoms with Crippen molar-refractivity contribution in [2.75, 3.05) is 0 Å². The van der Waals surface area contributed by atoms with Gasteiger partial charge in [-0.2, -0.15) is 5.10 Å². The van der Waals surface area contributed by atoms with Crippen molar-refractivity contribution in [3.8, 4) is 0 Å². The van der Waals surface area contributed by atoms with Crippen molar-refractivity contribution in [1.82, 2.24) is 15.5 Å². The number of aliphatic imine (C=N–C) groups is 1. The molecule has 4 rings (SSSR count). The number of aromatic nitrogens is 2. The molecule has 1 amide bonds. The van der Waals surface area contributed by atoms with E-state index >= 15 is 0 Å². The van der Waals surface area contributed by atoms with Crippen LogP contribution in [0.25, 0.3) is 0 Å². The van der Waals surface area contributed by atoms with Crippen molar-refractivity contribution < 1.29 is 14.4 Å². The molecule has 0 spiro atoms. The van der Waals surface area contributed by atoms with Gasteiger partial charge in [-0.1, -0.05) is 125 Å². The minimum Gasteiger partial charge on any atom is -0.323 e. The Morgan fingerprint density at radius 3 is 2.02 bits per heavy atom. The van der Waals surface area contributed by atoms with Gasteiger partial charge in [0.15, 0.2) is 23.4 Å². The fourth-order valence-electron chi connectivity index (χ4n) is 4.32. The lowest BCUT2D eigenvalue weighted by atomic mass is 9.95. The molecule has 0 saturated heterocycles. The molecule has 0 saturated carbocycles. The van der Waals surface area contributed by atoms with Crippen LogP contribution in [0.3, 0.4) is 0 Å². The molecule has 7 nitrogen and oxygen atoms in total. The number of ketones is 2. The normalized spacial score (nSPS) is 11.3. The highest BCUT2D eigenvalue weighted by Gasteiger charge is 2.23. The highest BCUT2D eigenvalue weighted by molar-refractivity contribution is 6.34. The quantitative estimate of drug-likeness (QED) is 0.139. The number of H-pyrrole nitrogens is 1. The van der Waals surface area contributed by atoms with Gasteiger partial charge in [-0.15, -0.1) is 0 Å². The van der Waals surface area contributed by atoms with Crippen molar-refractivity contribution in [2.45, 2.75) is 73.9 Å². The molecule has 0 fully saturated rings. The highest BCUT2D eigenvalue weighted by atomic mass is 35.5. The number of Topliss-reactive ketones (excluding diaryl/α,β-unsaturated/α-hetero) is 2. The lowest BCUT2D eigenvalue weighted by molar-refractivity contribution is -0.118. The number of benzene rings is 3. The second kappa shape index (κ2) is 18.3. The van der Waals surface area contributed by atoms with Crippen LogP contribution in [0.2, 0.25) is 5.02 Å². The topological polar surface area (TPSA) is 104 Å². The first-order chi connectivity index (χ1) is 21.2. The summed E-state index contributed by atoms with van der Waals surface area (Å²) in [5, 5.41) is 9.49. The number of aromatic amines is 1. The molecule has 1 atom stereocenters. The van der Waals surface area contributed by atoms with Gasteiger partial charge in [-0.05, 0) is 38.3 Å². The molecule has 3 aromatic carbocycles. The summed E-state index contributed by atoms with van der Waals surface area (Å²) in [6.07, 6.45) is 1.36. The largest absolute Gasteiger partial charge is 0.323 e. The van der Waals surface area contributed by atoms with E-state index in [1.54, 1.807) is 6.92 Å². The molecule has 44 heavy (non-hydrogen) atoms. The van der Waals surface area contributed by atoms with Crippen molar-refractivity contribution in [3.63, 3.8) is 0 Å². The van der Waals surface area contributed by atoms with E-state index in [9.17, 15) is 14.4 Å². The lowest BCUT2D eigenvalue weighted by Crippen LogP contribution is -2.39. The van der Waals surface area contributed by atoms with E-state index in [2.05, 4.69) is 28.5 Å². The number of hydrogen-bond donors (Lipinski definition) is 2. The number of rotatable bonds is 10. The Hall–Kier alpha value is -4.36. The van der Waals surface area contributed by atoms with Crippen molar-refractivity contribution >= 4 is 34.8 Å². The number of carbonyl (C=O) groups excluding carboxylic acids is 3. The zero-order chi connectivity index (χ0) is 32.6. The molecule has 232 valence electrons. The van der Waals surface area contributed by atoms with Gasteiger partial charge in [0.1, 0.15) is 0 Å². The number of halogens is 1. The molecular weight excluding hydrogens is 572 g/mol. The smallest absolute Gasteiger partial charge is 0.275 e. The molecule has 1 heterocycles. The minimum atomic E-state index is -1.08. The Kier molecular flexibility index (Phi) is 14.9. The van der Waals surface area contributed by atoms with Crippen molar-refractivity contribution in [1.29, 1.82) is 0 Å². The molecule has 0 bridgehead atoms. The Labute approximate surface area is 266 Å². The van der Waals surface area contributed by atoms with E-state index < -0.39 is 12.1 Å². The summed E-state index contributed by atoms with van der Waals surface area (Å²) < 4.78 is 0. The van der Waals surface area contributed by atoms with E-state index in [4.69, 9.17) is 16.6 Å². The van der Waals surface area contributed by atoms with E-state index in [1.807, 2.05) is 100 Å². The van der Waals surface area contributed by atoms with E-state index in [0.29, 0.717) is 17.8 Å². The Morgan fingerprint density at radius 2 is 1.48 bits per heavy atom. The van der Waals surface area contributed by atoms with Crippen LogP contribution in [0.1, 0.15) is 96.3 Å². The summed E-state index contributed by atoms with van der Waals surface area (Å²) in [4.78, 5) is 41.1. The van der Waals surface area contributed by atoms with Crippen LogP contribution in [-0.2, 0) is 11.2 Å². The maximum Gasteiger partial charge on any atom is 0.275 e. The number of carbonyl (C=O) groups is 3. The third-order valence-corrected chi connectivity index (χ3v) is 7.07. The van der Waals surface area contributed by atoms with Gasteiger partial charge < -0.3 is 5.32 Å². The van der Waals surface area contributed by atoms with Crippen molar-refractivity contribution in [3.05, 3.63) is 123 Å². The van der Waals surface area contributed by atoms with Gasteiger partial charge in [0.2, 0.25) is 0 Å². The molecule has 4 aromatic rings. The standard InChI is InChI=1S/C24H25ClN4O2.C10H12O.C2H6/c1-4-10-17-11-8-9-14-19(17)21(18-12-6-5-7-13-18)26-23(16(3)30)27-24(31)22-20(25)15(2)28-29-22;1-3-10(11)9-7-5-4-6-8(9)2;1-2/h5-9,11-14,23H,4,10H2,1-3H3,(H,27,31)(H,28,29);4-7H,3H2,1-2H3;1-2H3/b26-21-;;. The molecule has 0 aliphatic rings. The number of nitrogens with one attached hydrogen (secondary N) is 2. The lowest BCUT2D eigenvalue weighted by Gasteiger charge is -2.17. The zero-order valence-corrected chi connectivity index (χ0v) is 27.5. The summed E-state index contributed by atoms with van der Waals surface area (Å²) >= 11 is 6.14. The monoisotopic (exact) mass is 614 g/mol.